The Labute approximate surface area is 119 Å². The fourth-order valence-electron chi connectivity index (χ4n) is 1.53. The average molecular weight is 313 g/mol. The first-order chi connectivity index (χ1) is 9.94. The molecule has 21 heavy (non-hydrogen) atoms. The molecule has 0 aliphatic heterocycles. The van der Waals surface area contributed by atoms with Gasteiger partial charge in [-0.15, -0.1) is 0 Å². The van der Waals surface area contributed by atoms with E-state index in [2.05, 4.69) is 19.4 Å². The lowest BCUT2D eigenvalue weighted by Crippen LogP contribution is -2.24. The van der Waals surface area contributed by atoms with Crippen molar-refractivity contribution in [1.29, 1.82) is 0 Å². The SMILES string of the molecule is COc1ccc(C(=O)O)cc1S(=O)(=O)NCc1ncon1. The van der Waals surface area contributed by atoms with Gasteiger partial charge in [-0.25, -0.2) is 17.9 Å². The van der Waals surface area contributed by atoms with Crippen LogP contribution in [-0.4, -0.2) is 36.7 Å². The van der Waals surface area contributed by atoms with E-state index in [9.17, 15) is 13.2 Å². The second-order valence-electron chi connectivity index (χ2n) is 3.84. The molecule has 10 heteroatoms. The summed E-state index contributed by atoms with van der Waals surface area (Å²) in [5.41, 5.74) is -0.171. The molecule has 2 rings (SSSR count). The molecule has 0 unspecified atom stereocenters. The van der Waals surface area contributed by atoms with E-state index in [0.717, 1.165) is 12.5 Å². The predicted octanol–water partition coefficient (Wildman–Crippen LogP) is 0.255. The van der Waals surface area contributed by atoms with E-state index in [0.29, 0.717) is 0 Å². The van der Waals surface area contributed by atoms with Crippen LogP contribution < -0.4 is 9.46 Å². The van der Waals surface area contributed by atoms with Crippen molar-refractivity contribution in [3.05, 3.63) is 36.0 Å². The summed E-state index contributed by atoms with van der Waals surface area (Å²) in [7, 11) is -2.71. The van der Waals surface area contributed by atoms with Gasteiger partial charge in [-0.2, -0.15) is 4.98 Å². The third-order valence-corrected chi connectivity index (χ3v) is 3.95. The number of hydrogen-bond acceptors (Lipinski definition) is 7. The van der Waals surface area contributed by atoms with E-state index in [1.54, 1.807) is 0 Å². The standard InChI is InChI=1S/C11H11N3O6S/c1-19-8-3-2-7(11(15)16)4-9(8)21(17,18)13-5-10-12-6-20-14-10/h2-4,6,13H,5H2,1H3,(H,15,16). The van der Waals surface area contributed by atoms with Gasteiger partial charge in [0.05, 0.1) is 19.2 Å². The van der Waals surface area contributed by atoms with Crippen LogP contribution in [0.4, 0.5) is 0 Å². The first-order valence-electron chi connectivity index (χ1n) is 5.60. The molecule has 0 spiro atoms. The zero-order valence-electron chi connectivity index (χ0n) is 10.8. The van der Waals surface area contributed by atoms with Gasteiger partial charge in [-0.3, -0.25) is 0 Å². The van der Waals surface area contributed by atoms with Crippen LogP contribution in [0.25, 0.3) is 0 Å². The molecule has 1 aromatic carbocycles. The van der Waals surface area contributed by atoms with Gasteiger partial charge >= 0.3 is 5.97 Å². The Balaban J connectivity index is 2.33. The summed E-state index contributed by atoms with van der Waals surface area (Å²) in [5.74, 6) is -1.07. The third kappa shape index (κ3) is 3.35. The van der Waals surface area contributed by atoms with Crippen LogP contribution in [0, 0.1) is 0 Å². The lowest BCUT2D eigenvalue weighted by molar-refractivity contribution is 0.0696. The van der Waals surface area contributed by atoms with Crippen LogP contribution in [0.3, 0.4) is 0 Å². The molecule has 112 valence electrons. The number of benzene rings is 1. The van der Waals surface area contributed by atoms with Gasteiger partial charge in [0.25, 0.3) is 0 Å². The van der Waals surface area contributed by atoms with E-state index in [1.165, 1.54) is 19.2 Å². The topological polar surface area (TPSA) is 132 Å². The Morgan fingerprint density at radius 2 is 2.24 bits per heavy atom. The molecular formula is C11H11N3O6S. The molecule has 0 radical (unpaired) electrons. The van der Waals surface area contributed by atoms with Gasteiger partial charge in [-0.1, -0.05) is 5.16 Å². The number of aromatic nitrogens is 2. The van der Waals surface area contributed by atoms with E-state index in [1.807, 2.05) is 0 Å². The molecule has 0 aliphatic carbocycles. The molecule has 9 nitrogen and oxygen atoms in total. The maximum atomic E-state index is 12.2. The fourth-order valence-corrected chi connectivity index (χ4v) is 2.70. The van der Waals surface area contributed by atoms with E-state index in [-0.39, 0.29) is 28.6 Å². The third-order valence-electron chi connectivity index (χ3n) is 2.53. The second kappa shape index (κ2) is 5.89. The van der Waals surface area contributed by atoms with Gasteiger partial charge < -0.3 is 14.4 Å². The largest absolute Gasteiger partial charge is 0.495 e. The second-order valence-corrected chi connectivity index (χ2v) is 5.58. The number of aromatic carboxylic acids is 1. The van der Waals surface area contributed by atoms with Crippen molar-refractivity contribution in [3.8, 4) is 5.75 Å². The van der Waals surface area contributed by atoms with Crippen molar-refractivity contribution >= 4 is 16.0 Å². The average Bonchev–Trinajstić information content (AvgIpc) is 2.98. The zero-order valence-corrected chi connectivity index (χ0v) is 11.6. The summed E-state index contributed by atoms with van der Waals surface area (Å²) in [5, 5.41) is 12.4. The van der Waals surface area contributed by atoms with Crippen molar-refractivity contribution in [2.75, 3.05) is 7.11 Å². The lowest BCUT2D eigenvalue weighted by atomic mass is 10.2. The van der Waals surface area contributed by atoms with E-state index >= 15 is 0 Å². The van der Waals surface area contributed by atoms with Crippen LogP contribution in [-0.2, 0) is 16.6 Å². The summed E-state index contributed by atoms with van der Waals surface area (Å²) in [4.78, 5) is 14.3. The summed E-state index contributed by atoms with van der Waals surface area (Å²) in [6.45, 7) is -0.195. The molecule has 0 saturated heterocycles. The summed E-state index contributed by atoms with van der Waals surface area (Å²) in [6, 6.07) is 3.53. The Morgan fingerprint density at radius 3 is 2.81 bits per heavy atom. The Kier molecular flexibility index (Phi) is 4.19. The molecule has 1 heterocycles. The predicted molar refractivity (Wildman–Crippen MR) is 68.3 cm³/mol. The minimum atomic E-state index is -4.00. The first-order valence-corrected chi connectivity index (χ1v) is 7.08. The normalized spacial score (nSPS) is 11.3. The van der Waals surface area contributed by atoms with Gasteiger partial charge in [0.15, 0.2) is 5.82 Å². The zero-order chi connectivity index (χ0) is 15.5. The smallest absolute Gasteiger partial charge is 0.335 e. The molecule has 0 bridgehead atoms. The number of ether oxygens (including phenoxy) is 1. The van der Waals surface area contributed by atoms with Crippen molar-refractivity contribution < 1.29 is 27.6 Å². The fraction of sp³-hybridized carbons (Fsp3) is 0.182. The Bertz CT molecular complexity index is 741. The van der Waals surface area contributed by atoms with Crippen molar-refractivity contribution in [1.82, 2.24) is 14.9 Å². The highest BCUT2D eigenvalue weighted by atomic mass is 32.2. The quantitative estimate of drug-likeness (QED) is 0.776. The highest BCUT2D eigenvalue weighted by molar-refractivity contribution is 7.89. The number of carboxylic acid groups (broad SMARTS) is 1. The number of hydrogen-bond donors (Lipinski definition) is 2. The maximum Gasteiger partial charge on any atom is 0.335 e. The molecule has 2 aromatic rings. The van der Waals surface area contributed by atoms with Crippen molar-refractivity contribution in [2.24, 2.45) is 0 Å². The minimum Gasteiger partial charge on any atom is -0.495 e. The Morgan fingerprint density at radius 1 is 1.48 bits per heavy atom. The number of carboxylic acids is 1. The van der Waals surface area contributed by atoms with E-state index < -0.39 is 16.0 Å². The Hall–Kier alpha value is -2.46. The number of carbonyl (C=O) groups is 1. The molecule has 0 atom stereocenters. The molecule has 0 aliphatic rings. The van der Waals surface area contributed by atoms with Crippen molar-refractivity contribution in [2.45, 2.75) is 11.4 Å². The number of methoxy groups -OCH3 is 1. The van der Waals surface area contributed by atoms with Gasteiger partial charge in [0.1, 0.15) is 10.6 Å². The van der Waals surface area contributed by atoms with Crippen LogP contribution >= 0.6 is 0 Å². The molecular weight excluding hydrogens is 302 g/mol. The van der Waals surface area contributed by atoms with Crippen LogP contribution in [0.1, 0.15) is 16.2 Å². The molecule has 1 aromatic heterocycles. The van der Waals surface area contributed by atoms with Crippen LogP contribution in [0.2, 0.25) is 0 Å². The van der Waals surface area contributed by atoms with E-state index in [4.69, 9.17) is 9.84 Å². The molecule has 0 saturated carbocycles. The van der Waals surface area contributed by atoms with Crippen LogP contribution in [0.5, 0.6) is 5.75 Å². The number of sulfonamides is 1. The van der Waals surface area contributed by atoms with Crippen molar-refractivity contribution in [3.63, 3.8) is 0 Å². The monoisotopic (exact) mass is 313 g/mol. The summed E-state index contributed by atoms with van der Waals surface area (Å²) >= 11 is 0. The van der Waals surface area contributed by atoms with Gasteiger partial charge in [0.2, 0.25) is 16.4 Å². The lowest BCUT2D eigenvalue weighted by Gasteiger charge is -2.10. The number of nitrogens with one attached hydrogen (secondary N) is 1. The first kappa shape index (κ1) is 14.9. The highest BCUT2D eigenvalue weighted by Crippen LogP contribution is 2.24. The molecule has 2 N–H and O–H groups in total. The molecule has 0 amide bonds. The minimum absolute atomic E-state index is 0.0283. The maximum absolute atomic E-state index is 12.2. The highest BCUT2D eigenvalue weighted by Gasteiger charge is 2.22. The van der Waals surface area contributed by atoms with Gasteiger partial charge in [-0.05, 0) is 18.2 Å². The number of rotatable bonds is 6. The number of nitrogens with zero attached hydrogens (tertiary/aromatic N) is 2. The summed E-state index contributed by atoms with van der Waals surface area (Å²) in [6.07, 6.45) is 1.06. The van der Waals surface area contributed by atoms with Crippen LogP contribution in [0.15, 0.2) is 34.0 Å². The summed E-state index contributed by atoms with van der Waals surface area (Å²) < 4.78 is 36.1. The van der Waals surface area contributed by atoms with Gasteiger partial charge in [0, 0.05) is 0 Å². The molecule has 0 fully saturated rings.